The molecule has 0 bridgehead atoms. The molecule has 0 aliphatic rings. The Labute approximate surface area is 173 Å². The largest absolute Gasteiger partial charge is 0.453 e. The minimum atomic E-state index is -1.01. The minimum Gasteiger partial charge on any atom is -0.453 e. The van der Waals surface area contributed by atoms with Crippen molar-refractivity contribution in [3.8, 4) is 0 Å². The predicted molar refractivity (Wildman–Crippen MR) is 106 cm³/mol. The van der Waals surface area contributed by atoms with Crippen LogP contribution in [0.4, 0.5) is 5.69 Å². The van der Waals surface area contributed by atoms with Crippen LogP contribution in [-0.2, 0) is 4.74 Å². The fraction of sp³-hybridized carbons (Fsp3) is 0.0556. The molecule has 1 aromatic heterocycles. The van der Waals surface area contributed by atoms with Gasteiger partial charge in [0.1, 0.15) is 5.56 Å². The first-order chi connectivity index (χ1) is 13.3. The van der Waals surface area contributed by atoms with Gasteiger partial charge < -0.3 is 9.15 Å². The average Bonchev–Trinajstić information content (AvgIpc) is 2.66. The Hall–Kier alpha value is -2.85. The number of Topliss-reactive ketones (excluding diaryl/α,β-unsaturated/α-hetero) is 1. The smallest absolute Gasteiger partial charge is 0.351 e. The summed E-state index contributed by atoms with van der Waals surface area (Å²) in [5, 5.41) is 11.1. The standard InChI is InChI=1S/C18H9Br2NO7/c19-11-5-10-6-13(18(24)28-16(10)14(20)7-11)17(23)27-8-15(22)9-1-3-12(4-2-9)21(25)26/h1-7H,8H2. The predicted octanol–water partition coefficient (Wildman–Crippen LogP) is 4.27. The molecule has 0 fully saturated rings. The zero-order valence-corrected chi connectivity index (χ0v) is 17.0. The molecule has 0 atom stereocenters. The van der Waals surface area contributed by atoms with Gasteiger partial charge in [0.25, 0.3) is 5.69 Å². The molecule has 0 aliphatic heterocycles. The molecule has 0 saturated carbocycles. The Morgan fingerprint density at radius 1 is 1.11 bits per heavy atom. The molecule has 3 aromatic rings. The van der Waals surface area contributed by atoms with E-state index in [0.29, 0.717) is 14.3 Å². The van der Waals surface area contributed by atoms with E-state index in [9.17, 15) is 24.5 Å². The number of fused-ring (bicyclic) bond motifs is 1. The lowest BCUT2D eigenvalue weighted by Crippen LogP contribution is -2.20. The number of hydrogen-bond donors (Lipinski definition) is 0. The molecule has 8 nitrogen and oxygen atoms in total. The van der Waals surface area contributed by atoms with Crippen molar-refractivity contribution >= 4 is 60.3 Å². The molecule has 0 amide bonds. The van der Waals surface area contributed by atoms with Gasteiger partial charge in [0, 0.05) is 27.6 Å². The Morgan fingerprint density at radius 3 is 2.43 bits per heavy atom. The number of ketones is 1. The van der Waals surface area contributed by atoms with Crippen molar-refractivity contribution in [1.82, 2.24) is 0 Å². The Morgan fingerprint density at radius 2 is 1.79 bits per heavy atom. The summed E-state index contributed by atoms with van der Waals surface area (Å²) >= 11 is 6.57. The normalized spacial score (nSPS) is 10.6. The molecule has 0 N–H and O–H groups in total. The lowest BCUT2D eigenvalue weighted by Gasteiger charge is -2.06. The Balaban J connectivity index is 1.77. The first-order valence-electron chi connectivity index (χ1n) is 7.64. The lowest BCUT2D eigenvalue weighted by atomic mass is 10.1. The van der Waals surface area contributed by atoms with Crippen LogP contribution in [0.25, 0.3) is 11.0 Å². The Bertz CT molecular complexity index is 1170. The highest BCUT2D eigenvalue weighted by atomic mass is 79.9. The molecule has 142 valence electrons. The van der Waals surface area contributed by atoms with Gasteiger partial charge in [0.15, 0.2) is 18.0 Å². The van der Waals surface area contributed by atoms with Crippen LogP contribution in [0.2, 0.25) is 0 Å². The van der Waals surface area contributed by atoms with Crippen LogP contribution in [0.15, 0.2) is 60.6 Å². The van der Waals surface area contributed by atoms with E-state index in [1.165, 1.54) is 30.3 Å². The molecule has 28 heavy (non-hydrogen) atoms. The van der Waals surface area contributed by atoms with Crippen LogP contribution >= 0.6 is 31.9 Å². The number of benzene rings is 2. The van der Waals surface area contributed by atoms with Crippen LogP contribution < -0.4 is 5.63 Å². The van der Waals surface area contributed by atoms with Gasteiger partial charge in [0.2, 0.25) is 0 Å². The van der Waals surface area contributed by atoms with E-state index in [1.54, 1.807) is 12.1 Å². The zero-order valence-electron chi connectivity index (χ0n) is 13.8. The van der Waals surface area contributed by atoms with Gasteiger partial charge in [-0.1, -0.05) is 15.9 Å². The molecular formula is C18H9Br2NO7. The molecule has 2 aromatic carbocycles. The quantitative estimate of drug-likeness (QED) is 0.165. The highest BCUT2D eigenvalue weighted by molar-refractivity contribution is 9.11. The maximum atomic E-state index is 12.2. The number of non-ortho nitro benzene ring substituents is 1. The van der Waals surface area contributed by atoms with E-state index in [4.69, 9.17) is 9.15 Å². The molecule has 1 heterocycles. The van der Waals surface area contributed by atoms with Crippen LogP contribution in [0, 0.1) is 10.1 Å². The first-order valence-corrected chi connectivity index (χ1v) is 9.22. The van der Waals surface area contributed by atoms with Crippen LogP contribution in [0.3, 0.4) is 0 Å². The molecule has 0 saturated heterocycles. The van der Waals surface area contributed by atoms with Crippen molar-refractivity contribution in [2.45, 2.75) is 0 Å². The van der Waals surface area contributed by atoms with Crippen LogP contribution in [0.1, 0.15) is 20.7 Å². The van der Waals surface area contributed by atoms with E-state index >= 15 is 0 Å². The fourth-order valence-electron chi connectivity index (χ4n) is 2.36. The summed E-state index contributed by atoms with van der Waals surface area (Å²) in [6.45, 7) is -0.629. The van der Waals surface area contributed by atoms with Crippen molar-refractivity contribution in [2.75, 3.05) is 6.61 Å². The number of hydrogen-bond acceptors (Lipinski definition) is 7. The van der Waals surface area contributed by atoms with E-state index in [2.05, 4.69) is 31.9 Å². The van der Waals surface area contributed by atoms with Gasteiger partial charge in [-0.15, -0.1) is 0 Å². The number of ether oxygens (including phenoxy) is 1. The SMILES string of the molecule is O=C(COC(=O)c1cc2cc(Br)cc(Br)c2oc1=O)c1ccc([N+](=O)[O-])cc1. The van der Waals surface area contributed by atoms with E-state index in [0.717, 1.165) is 0 Å². The third-order valence-corrected chi connectivity index (χ3v) is 4.75. The second-order valence-corrected chi connectivity index (χ2v) is 7.33. The summed E-state index contributed by atoms with van der Waals surface area (Å²) in [6, 6.07) is 9.51. The topological polar surface area (TPSA) is 117 Å². The highest BCUT2D eigenvalue weighted by Crippen LogP contribution is 2.28. The third kappa shape index (κ3) is 4.18. The zero-order chi connectivity index (χ0) is 20.4. The van der Waals surface area contributed by atoms with E-state index in [-0.39, 0.29) is 22.4 Å². The van der Waals surface area contributed by atoms with Gasteiger partial charge in [0.05, 0.1) is 9.40 Å². The molecule has 0 spiro atoms. The van der Waals surface area contributed by atoms with E-state index in [1.807, 2.05) is 0 Å². The Kier molecular flexibility index (Phi) is 5.71. The minimum absolute atomic E-state index is 0.136. The maximum Gasteiger partial charge on any atom is 0.351 e. The van der Waals surface area contributed by atoms with Gasteiger partial charge >= 0.3 is 11.6 Å². The lowest BCUT2D eigenvalue weighted by molar-refractivity contribution is -0.384. The van der Waals surface area contributed by atoms with Crippen molar-refractivity contribution in [3.63, 3.8) is 0 Å². The summed E-state index contributed by atoms with van der Waals surface area (Å²) in [5.74, 6) is -1.58. The second-order valence-electron chi connectivity index (χ2n) is 5.56. The van der Waals surface area contributed by atoms with Gasteiger partial charge in [-0.3, -0.25) is 14.9 Å². The number of carbonyl (C=O) groups excluding carboxylic acids is 2. The number of nitro groups is 1. The number of carbonyl (C=O) groups is 2. The fourth-order valence-corrected chi connectivity index (χ4v) is 3.70. The van der Waals surface area contributed by atoms with Gasteiger partial charge in [-0.05, 0) is 46.3 Å². The summed E-state index contributed by atoms with van der Waals surface area (Å²) in [4.78, 5) is 46.4. The van der Waals surface area contributed by atoms with Crippen molar-refractivity contribution in [1.29, 1.82) is 0 Å². The molecular weight excluding hydrogens is 502 g/mol. The molecule has 0 unspecified atom stereocenters. The summed E-state index contributed by atoms with van der Waals surface area (Å²) in [6.07, 6.45) is 0. The van der Waals surface area contributed by atoms with E-state index < -0.39 is 28.9 Å². The second kappa shape index (κ2) is 8.03. The number of esters is 1. The summed E-state index contributed by atoms with van der Waals surface area (Å²) in [5.41, 5.74) is -1.01. The average molecular weight is 511 g/mol. The molecule has 0 radical (unpaired) electrons. The highest BCUT2D eigenvalue weighted by Gasteiger charge is 2.19. The number of rotatable bonds is 5. The molecule has 10 heteroatoms. The summed E-state index contributed by atoms with van der Waals surface area (Å²) < 4.78 is 11.3. The van der Waals surface area contributed by atoms with Crippen molar-refractivity contribution in [2.24, 2.45) is 0 Å². The monoisotopic (exact) mass is 509 g/mol. The van der Waals surface area contributed by atoms with Crippen molar-refractivity contribution < 1.29 is 23.7 Å². The number of nitro benzene ring substituents is 1. The maximum absolute atomic E-state index is 12.2. The molecule has 0 aliphatic carbocycles. The first kappa shape index (κ1) is 19.9. The number of halogens is 2. The van der Waals surface area contributed by atoms with Crippen molar-refractivity contribution in [3.05, 3.63) is 83.1 Å². The molecule has 3 rings (SSSR count). The third-order valence-electron chi connectivity index (χ3n) is 3.71. The van der Waals surface area contributed by atoms with Crippen LogP contribution in [-0.4, -0.2) is 23.3 Å². The summed E-state index contributed by atoms with van der Waals surface area (Å²) in [7, 11) is 0. The van der Waals surface area contributed by atoms with Gasteiger partial charge in [-0.2, -0.15) is 0 Å². The van der Waals surface area contributed by atoms with Crippen LogP contribution in [0.5, 0.6) is 0 Å². The number of nitrogens with zero attached hydrogens (tertiary/aromatic N) is 1. The van der Waals surface area contributed by atoms with Gasteiger partial charge in [-0.25, -0.2) is 9.59 Å².